The number of anilines is 3. The first-order valence-electron chi connectivity index (χ1n) is 18.9. The van der Waals surface area contributed by atoms with Crippen LogP contribution in [0, 0.1) is 0 Å². The minimum atomic E-state index is -0.269. The zero-order chi connectivity index (χ0) is 36.0. The van der Waals surface area contributed by atoms with Crippen LogP contribution in [-0.4, -0.2) is 0 Å². The van der Waals surface area contributed by atoms with E-state index in [2.05, 4.69) is 201 Å². The topological polar surface area (TPSA) is 16.4 Å². The predicted molar refractivity (Wildman–Crippen MR) is 223 cm³/mol. The van der Waals surface area contributed by atoms with Gasteiger partial charge in [-0.25, -0.2) is 0 Å². The lowest BCUT2D eigenvalue weighted by atomic mass is 9.74. The Bertz CT molecular complexity index is 2780. The van der Waals surface area contributed by atoms with Crippen molar-refractivity contribution in [2.75, 3.05) is 4.90 Å². The second-order valence-corrected chi connectivity index (χ2v) is 15.1. The van der Waals surface area contributed by atoms with Gasteiger partial charge < -0.3 is 9.32 Å². The number of hydrogen-bond acceptors (Lipinski definition) is 2. The molecule has 9 aromatic rings. The minimum absolute atomic E-state index is 0.269. The van der Waals surface area contributed by atoms with E-state index in [1.165, 1.54) is 55.6 Å². The highest BCUT2D eigenvalue weighted by atomic mass is 16.3. The summed E-state index contributed by atoms with van der Waals surface area (Å²) in [7, 11) is 0. The third kappa shape index (κ3) is 4.17. The van der Waals surface area contributed by atoms with Crippen molar-refractivity contribution in [1.29, 1.82) is 0 Å². The van der Waals surface area contributed by atoms with Crippen molar-refractivity contribution in [3.63, 3.8) is 0 Å². The zero-order valence-electron chi connectivity index (χ0n) is 30.3. The predicted octanol–water partition coefficient (Wildman–Crippen LogP) is 13.7. The Hall–Kier alpha value is -6.64. The van der Waals surface area contributed by atoms with E-state index in [9.17, 15) is 0 Å². The Morgan fingerprint density at radius 2 is 0.852 bits per heavy atom. The van der Waals surface area contributed by atoms with Gasteiger partial charge in [-0.15, -0.1) is 0 Å². The van der Waals surface area contributed by atoms with Gasteiger partial charge >= 0.3 is 0 Å². The molecule has 0 fully saturated rings. The van der Waals surface area contributed by atoms with Crippen LogP contribution >= 0.6 is 0 Å². The van der Waals surface area contributed by atoms with Gasteiger partial charge in [0.15, 0.2) is 5.58 Å². The van der Waals surface area contributed by atoms with E-state index in [-0.39, 0.29) is 10.8 Å². The molecule has 0 saturated carbocycles. The van der Waals surface area contributed by atoms with E-state index in [0.29, 0.717) is 0 Å². The number of furan rings is 1. The van der Waals surface area contributed by atoms with E-state index in [4.69, 9.17) is 4.42 Å². The van der Waals surface area contributed by atoms with Gasteiger partial charge in [-0.3, -0.25) is 0 Å². The van der Waals surface area contributed by atoms with Crippen molar-refractivity contribution in [3.8, 4) is 22.3 Å². The fourth-order valence-electron chi connectivity index (χ4n) is 9.76. The average Bonchev–Trinajstić information content (AvgIpc) is 3.84. The van der Waals surface area contributed by atoms with Gasteiger partial charge in [0.25, 0.3) is 0 Å². The summed E-state index contributed by atoms with van der Waals surface area (Å²) in [6.07, 6.45) is 0. The van der Waals surface area contributed by atoms with Crippen LogP contribution < -0.4 is 4.90 Å². The van der Waals surface area contributed by atoms with Crippen LogP contribution in [0.2, 0.25) is 0 Å². The first-order valence-corrected chi connectivity index (χ1v) is 18.9. The molecule has 1 aromatic heterocycles. The molecule has 11 rings (SSSR count). The summed E-state index contributed by atoms with van der Waals surface area (Å²) in [6, 6.07) is 68.8. The van der Waals surface area contributed by atoms with Crippen LogP contribution in [-0.2, 0) is 10.8 Å². The van der Waals surface area contributed by atoms with Crippen molar-refractivity contribution in [2.45, 2.75) is 24.7 Å². The van der Waals surface area contributed by atoms with Gasteiger partial charge in [0.1, 0.15) is 5.58 Å². The standard InChI is InChI=1S/C52H37NO/c1-51(34-16-5-3-6-17-34)44-24-12-9-20-38(44)42-32-36(28-30-46(42)51)53(48-26-15-23-41-40-22-11-14-27-49(40)54-50(41)48)37-29-31-47-43(33-37)39-21-10-13-25-45(39)52(47,2)35-18-7-4-8-19-35/h3-33H,1-2H3. The van der Waals surface area contributed by atoms with Gasteiger partial charge in [0, 0.05) is 33.0 Å². The molecular weight excluding hydrogens is 655 g/mol. The molecule has 0 N–H and O–H groups in total. The third-order valence-corrected chi connectivity index (χ3v) is 12.4. The van der Waals surface area contributed by atoms with Crippen molar-refractivity contribution in [1.82, 2.24) is 0 Å². The van der Waals surface area contributed by atoms with Crippen molar-refractivity contribution in [3.05, 3.63) is 221 Å². The van der Waals surface area contributed by atoms with Gasteiger partial charge in [0.2, 0.25) is 0 Å². The van der Waals surface area contributed by atoms with E-state index in [0.717, 1.165) is 39.0 Å². The molecule has 54 heavy (non-hydrogen) atoms. The molecule has 2 heteroatoms. The lowest BCUT2D eigenvalue weighted by molar-refractivity contribution is 0.669. The first-order chi connectivity index (χ1) is 26.5. The molecule has 0 aliphatic heterocycles. The number of para-hydroxylation sites is 2. The lowest BCUT2D eigenvalue weighted by Crippen LogP contribution is -2.22. The molecule has 1 heterocycles. The summed E-state index contributed by atoms with van der Waals surface area (Å²) in [5.74, 6) is 0. The normalized spacial score (nSPS) is 18.0. The number of benzene rings is 8. The maximum atomic E-state index is 6.75. The molecule has 0 amide bonds. The Labute approximate surface area is 315 Å². The van der Waals surface area contributed by atoms with Gasteiger partial charge in [-0.05, 0) is 106 Å². The van der Waals surface area contributed by atoms with Gasteiger partial charge in [-0.2, -0.15) is 0 Å². The minimum Gasteiger partial charge on any atom is -0.454 e. The van der Waals surface area contributed by atoms with Crippen LogP contribution in [0.3, 0.4) is 0 Å². The number of hydrogen-bond donors (Lipinski definition) is 0. The molecular formula is C52H37NO. The van der Waals surface area contributed by atoms with Gasteiger partial charge in [0.05, 0.1) is 5.69 Å². The summed E-state index contributed by atoms with van der Waals surface area (Å²) >= 11 is 0. The molecule has 2 aliphatic carbocycles. The maximum Gasteiger partial charge on any atom is 0.159 e. The van der Waals surface area contributed by atoms with Crippen molar-refractivity contribution >= 4 is 39.0 Å². The van der Waals surface area contributed by atoms with Crippen LogP contribution in [0.25, 0.3) is 44.2 Å². The van der Waals surface area contributed by atoms with Crippen molar-refractivity contribution in [2.24, 2.45) is 0 Å². The van der Waals surface area contributed by atoms with Crippen LogP contribution in [0.15, 0.2) is 192 Å². The number of fused-ring (bicyclic) bond motifs is 9. The second-order valence-electron chi connectivity index (χ2n) is 15.1. The fourth-order valence-corrected chi connectivity index (χ4v) is 9.76. The number of rotatable bonds is 5. The molecule has 2 aliphatic rings. The Kier molecular flexibility index (Phi) is 6.55. The summed E-state index contributed by atoms with van der Waals surface area (Å²) < 4.78 is 6.75. The number of nitrogens with zero attached hydrogens (tertiary/aromatic N) is 1. The van der Waals surface area contributed by atoms with Crippen LogP contribution in [0.5, 0.6) is 0 Å². The van der Waals surface area contributed by atoms with E-state index in [1.807, 2.05) is 6.07 Å². The highest BCUT2D eigenvalue weighted by molar-refractivity contribution is 6.10. The van der Waals surface area contributed by atoms with Crippen LogP contribution in [0.4, 0.5) is 17.1 Å². The molecule has 2 unspecified atom stereocenters. The summed E-state index contributed by atoms with van der Waals surface area (Å²) in [6.45, 7) is 4.75. The van der Waals surface area contributed by atoms with E-state index >= 15 is 0 Å². The van der Waals surface area contributed by atoms with E-state index < -0.39 is 0 Å². The highest BCUT2D eigenvalue weighted by Gasteiger charge is 2.42. The molecule has 8 aromatic carbocycles. The molecule has 0 saturated heterocycles. The molecule has 2 atom stereocenters. The monoisotopic (exact) mass is 691 g/mol. The molecule has 256 valence electrons. The molecule has 0 radical (unpaired) electrons. The average molecular weight is 692 g/mol. The summed E-state index contributed by atoms with van der Waals surface area (Å²) in [5, 5.41) is 2.23. The van der Waals surface area contributed by atoms with Crippen LogP contribution in [0.1, 0.15) is 47.2 Å². The van der Waals surface area contributed by atoms with E-state index in [1.54, 1.807) is 0 Å². The largest absolute Gasteiger partial charge is 0.454 e. The zero-order valence-corrected chi connectivity index (χ0v) is 30.3. The molecule has 2 nitrogen and oxygen atoms in total. The second kappa shape index (κ2) is 11.4. The SMILES string of the molecule is CC1(c2ccccc2)c2ccccc2-c2cc(N(c3ccc4c(c3)-c3ccccc3C4(C)c3ccccc3)c3cccc4c3oc3ccccc34)ccc21. The maximum absolute atomic E-state index is 6.75. The quantitative estimate of drug-likeness (QED) is 0.179. The first kappa shape index (κ1) is 30.9. The smallest absolute Gasteiger partial charge is 0.159 e. The Morgan fingerprint density at radius 3 is 1.43 bits per heavy atom. The fraction of sp³-hybridized carbons (Fsp3) is 0.0769. The molecule has 0 spiro atoms. The summed E-state index contributed by atoms with van der Waals surface area (Å²) in [4.78, 5) is 2.41. The highest BCUT2D eigenvalue weighted by Crippen LogP contribution is 2.56. The van der Waals surface area contributed by atoms with Crippen molar-refractivity contribution < 1.29 is 4.42 Å². The third-order valence-electron chi connectivity index (χ3n) is 12.4. The summed E-state index contributed by atoms with van der Waals surface area (Å²) in [5.41, 5.74) is 17.4. The Morgan fingerprint density at radius 1 is 0.389 bits per heavy atom. The Balaban J connectivity index is 1.17. The molecule has 0 bridgehead atoms. The van der Waals surface area contributed by atoms with Gasteiger partial charge in [-0.1, -0.05) is 152 Å². The lowest BCUT2D eigenvalue weighted by Gasteiger charge is -2.30.